The van der Waals surface area contributed by atoms with Gasteiger partial charge >= 0.3 is 0 Å². The van der Waals surface area contributed by atoms with Crippen LogP contribution < -0.4 is 28.6 Å². The van der Waals surface area contributed by atoms with Crippen LogP contribution in [0.2, 0.25) is 5.02 Å². The number of ether oxygens (including phenoxy) is 4. The van der Waals surface area contributed by atoms with Gasteiger partial charge in [-0.1, -0.05) is 36.7 Å². The molecular formula is C32H40ClN3O8S. The maximum atomic E-state index is 14.4. The first-order valence-corrected chi connectivity index (χ1v) is 16.0. The molecule has 0 saturated heterocycles. The van der Waals surface area contributed by atoms with Crippen molar-refractivity contribution in [3.05, 3.63) is 71.2 Å². The topological polar surface area (TPSA) is 124 Å². The van der Waals surface area contributed by atoms with Gasteiger partial charge in [0.15, 0.2) is 11.5 Å². The fraction of sp³-hybridized carbons (Fsp3) is 0.375. The fourth-order valence-electron chi connectivity index (χ4n) is 4.47. The van der Waals surface area contributed by atoms with Crippen LogP contribution in [0, 0.1) is 0 Å². The minimum atomic E-state index is -4.46. The monoisotopic (exact) mass is 661 g/mol. The zero-order chi connectivity index (χ0) is 33.3. The number of carbonyl (C=O) groups excluding carboxylic acids is 2. The van der Waals surface area contributed by atoms with Gasteiger partial charge in [-0.25, -0.2) is 8.42 Å². The lowest BCUT2D eigenvalue weighted by Gasteiger charge is -2.33. The van der Waals surface area contributed by atoms with Crippen LogP contribution in [0.5, 0.6) is 23.0 Å². The number of anilines is 1. The maximum absolute atomic E-state index is 14.4. The zero-order valence-electron chi connectivity index (χ0n) is 26.5. The molecule has 0 heterocycles. The molecule has 0 bridgehead atoms. The lowest BCUT2D eigenvalue weighted by molar-refractivity contribution is -0.139. The zero-order valence-corrected chi connectivity index (χ0v) is 28.1. The third kappa shape index (κ3) is 8.31. The van der Waals surface area contributed by atoms with E-state index in [0.29, 0.717) is 28.5 Å². The van der Waals surface area contributed by atoms with Crippen molar-refractivity contribution in [2.75, 3.05) is 39.3 Å². The number of nitrogens with zero attached hydrogens (tertiary/aromatic N) is 2. The summed E-state index contributed by atoms with van der Waals surface area (Å²) in [5, 5.41) is 3.30. The lowest BCUT2D eigenvalue weighted by Crippen LogP contribution is -2.52. The highest BCUT2D eigenvalue weighted by molar-refractivity contribution is 7.92. The maximum Gasteiger partial charge on any atom is 0.265 e. The van der Waals surface area contributed by atoms with E-state index in [1.165, 1.54) is 57.6 Å². The number of hydrogen-bond acceptors (Lipinski definition) is 8. The molecule has 0 unspecified atom stereocenters. The van der Waals surface area contributed by atoms with Crippen LogP contribution >= 0.6 is 11.6 Å². The van der Waals surface area contributed by atoms with Gasteiger partial charge in [0.1, 0.15) is 24.1 Å². The van der Waals surface area contributed by atoms with E-state index in [2.05, 4.69) is 5.32 Å². The van der Waals surface area contributed by atoms with Crippen LogP contribution in [-0.2, 0) is 26.2 Å². The van der Waals surface area contributed by atoms with E-state index in [9.17, 15) is 18.0 Å². The Balaban J connectivity index is 2.18. The lowest BCUT2D eigenvalue weighted by atomic mass is 10.1. The fourth-order valence-corrected chi connectivity index (χ4v) is 6.10. The molecule has 0 aromatic heterocycles. The number of carbonyl (C=O) groups is 2. The van der Waals surface area contributed by atoms with Gasteiger partial charge in [-0.3, -0.25) is 13.9 Å². The first-order chi connectivity index (χ1) is 21.4. The van der Waals surface area contributed by atoms with E-state index in [4.69, 9.17) is 30.5 Å². The molecular weight excluding hydrogens is 622 g/mol. The minimum Gasteiger partial charge on any atom is -0.497 e. The Morgan fingerprint density at radius 2 is 1.51 bits per heavy atom. The summed E-state index contributed by atoms with van der Waals surface area (Å²) in [6, 6.07) is 14.6. The predicted octanol–water partition coefficient (Wildman–Crippen LogP) is 4.90. The van der Waals surface area contributed by atoms with Crippen molar-refractivity contribution in [3.8, 4) is 23.0 Å². The number of hydrogen-bond donors (Lipinski definition) is 1. The number of rotatable bonds is 15. The average molecular weight is 662 g/mol. The third-order valence-corrected chi connectivity index (χ3v) is 9.47. The molecule has 0 aliphatic carbocycles. The van der Waals surface area contributed by atoms with Gasteiger partial charge in [0.05, 0.1) is 39.0 Å². The number of nitrogens with one attached hydrogen (secondary N) is 1. The van der Waals surface area contributed by atoms with Crippen LogP contribution in [0.1, 0.15) is 32.8 Å². The van der Waals surface area contributed by atoms with Crippen LogP contribution in [0.4, 0.5) is 5.69 Å². The molecule has 0 aliphatic rings. The van der Waals surface area contributed by atoms with Crippen LogP contribution in [0.15, 0.2) is 65.6 Å². The third-order valence-electron chi connectivity index (χ3n) is 7.34. The highest BCUT2D eigenvalue weighted by Gasteiger charge is 2.35. The normalized spacial score (nSPS) is 12.4. The quantitative estimate of drug-likeness (QED) is 0.244. The van der Waals surface area contributed by atoms with Crippen LogP contribution in [0.3, 0.4) is 0 Å². The molecule has 3 aromatic carbocycles. The molecule has 0 saturated carbocycles. The highest BCUT2D eigenvalue weighted by atomic mass is 35.5. The largest absolute Gasteiger partial charge is 0.497 e. The minimum absolute atomic E-state index is 0.0485. The Hall–Kier alpha value is -4.16. The molecule has 0 spiro atoms. The first-order valence-electron chi connectivity index (χ1n) is 14.2. The number of amides is 2. The van der Waals surface area contributed by atoms with Gasteiger partial charge in [0.2, 0.25) is 11.8 Å². The second-order valence-corrected chi connectivity index (χ2v) is 12.4. The number of halogens is 1. The summed E-state index contributed by atoms with van der Waals surface area (Å²) in [6.07, 6.45) is 0.684. The first kappa shape index (κ1) is 35.3. The molecule has 3 aromatic rings. The summed E-state index contributed by atoms with van der Waals surface area (Å²) in [4.78, 5) is 28.7. The van der Waals surface area contributed by atoms with E-state index in [0.717, 1.165) is 4.31 Å². The van der Waals surface area contributed by atoms with Crippen molar-refractivity contribution in [1.29, 1.82) is 0 Å². The van der Waals surface area contributed by atoms with Crippen LogP contribution in [0.25, 0.3) is 0 Å². The van der Waals surface area contributed by atoms with Crippen molar-refractivity contribution in [3.63, 3.8) is 0 Å². The number of methoxy groups -OCH3 is 4. The van der Waals surface area contributed by atoms with E-state index in [-0.39, 0.29) is 34.7 Å². The Morgan fingerprint density at radius 3 is 2.11 bits per heavy atom. The molecule has 13 heteroatoms. The molecule has 2 amide bonds. The van der Waals surface area contributed by atoms with Gasteiger partial charge in [-0.15, -0.1) is 0 Å². The van der Waals surface area contributed by atoms with Gasteiger partial charge in [-0.2, -0.15) is 0 Å². The van der Waals surface area contributed by atoms with Gasteiger partial charge in [0.25, 0.3) is 10.0 Å². The molecule has 1 N–H and O–H groups in total. The smallest absolute Gasteiger partial charge is 0.265 e. The molecule has 3 rings (SSSR count). The van der Waals surface area contributed by atoms with E-state index >= 15 is 0 Å². The summed E-state index contributed by atoms with van der Waals surface area (Å²) in [7, 11) is 1.19. The van der Waals surface area contributed by atoms with Crippen molar-refractivity contribution in [1.82, 2.24) is 10.2 Å². The van der Waals surface area contributed by atoms with Crippen molar-refractivity contribution < 1.29 is 37.0 Å². The predicted molar refractivity (Wildman–Crippen MR) is 173 cm³/mol. The van der Waals surface area contributed by atoms with Crippen LogP contribution in [-0.4, -0.2) is 72.2 Å². The molecule has 0 aliphatic heterocycles. The molecule has 0 fully saturated rings. The number of benzene rings is 3. The Morgan fingerprint density at radius 1 is 0.867 bits per heavy atom. The molecule has 45 heavy (non-hydrogen) atoms. The molecule has 2 atom stereocenters. The Kier molecular flexibility index (Phi) is 12.3. The highest BCUT2D eigenvalue weighted by Crippen LogP contribution is 2.38. The molecule has 0 radical (unpaired) electrons. The summed E-state index contributed by atoms with van der Waals surface area (Å²) in [6.45, 7) is 4.64. The summed E-state index contributed by atoms with van der Waals surface area (Å²) >= 11 is 6.45. The summed E-state index contributed by atoms with van der Waals surface area (Å²) < 4.78 is 51.2. The summed E-state index contributed by atoms with van der Waals surface area (Å²) in [5.41, 5.74) is 0.637. The van der Waals surface area contributed by atoms with Crippen molar-refractivity contribution in [2.24, 2.45) is 0 Å². The summed E-state index contributed by atoms with van der Waals surface area (Å²) in [5.74, 6) is -0.0373. The van der Waals surface area contributed by atoms with E-state index < -0.39 is 34.4 Å². The second kappa shape index (κ2) is 15.7. The van der Waals surface area contributed by atoms with E-state index in [1.54, 1.807) is 43.3 Å². The Bertz CT molecular complexity index is 1600. The average Bonchev–Trinajstić information content (AvgIpc) is 3.05. The van der Waals surface area contributed by atoms with Crippen molar-refractivity contribution in [2.45, 2.75) is 50.7 Å². The molecule has 11 nitrogen and oxygen atoms in total. The van der Waals surface area contributed by atoms with Gasteiger partial charge < -0.3 is 29.2 Å². The molecule has 244 valence electrons. The standard InChI is InChI=1S/C32H40ClN3O8S/c1-8-21(2)34-32(38)22(3)35(19-23-11-9-10-12-26(23)33)31(37)20-36(27-17-24(41-4)13-15-28(27)42-5)45(39,40)25-14-16-29(43-6)30(18-25)44-7/h9-18,21-22H,8,19-20H2,1-7H3,(H,34,38)/t21-,22+/m0/s1. The van der Waals surface area contributed by atoms with Crippen molar-refractivity contribution >= 4 is 39.1 Å². The van der Waals surface area contributed by atoms with Gasteiger partial charge in [0, 0.05) is 29.7 Å². The van der Waals surface area contributed by atoms with E-state index in [1.807, 2.05) is 13.8 Å². The second-order valence-electron chi connectivity index (χ2n) is 10.2. The SMILES string of the molecule is CC[C@H](C)NC(=O)[C@@H](C)N(Cc1ccccc1Cl)C(=O)CN(c1cc(OC)ccc1OC)S(=O)(=O)c1ccc(OC)c(OC)c1. The number of sulfonamides is 1. The Labute approximate surface area is 270 Å². The van der Waals surface area contributed by atoms with Gasteiger partial charge in [-0.05, 0) is 56.2 Å².